The normalized spacial score (nSPS) is 10.9. The second-order valence-corrected chi connectivity index (χ2v) is 14.5. The summed E-state index contributed by atoms with van der Waals surface area (Å²) < 4.78 is 4.74. The molecule has 0 bridgehead atoms. The molecule has 0 fully saturated rings. The van der Waals surface area contributed by atoms with E-state index in [-0.39, 0.29) is 0 Å². The van der Waals surface area contributed by atoms with Crippen molar-refractivity contribution in [1.29, 1.82) is 0 Å². The number of rotatable bonds is 18. The molecule has 0 radical (unpaired) electrons. The van der Waals surface area contributed by atoms with Crippen molar-refractivity contribution in [2.24, 2.45) is 0 Å². The quantitative estimate of drug-likeness (QED) is 0.0544. The Morgan fingerprint density at radius 3 is 1.00 bits per heavy atom. The van der Waals surface area contributed by atoms with Crippen LogP contribution in [0.1, 0.15) is 96.1 Å². The minimum absolute atomic E-state index is 1.11. The van der Waals surface area contributed by atoms with E-state index < -0.39 is 0 Å². The summed E-state index contributed by atoms with van der Waals surface area (Å²) in [6.45, 7) is 10.9. The number of hydrogen-bond donors (Lipinski definition) is 0. The van der Waals surface area contributed by atoms with E-state index in [0.717, 1.165) is 23.7 Å². The van der Waals surface area contributed by atoms with Gasteiger partial charge in [0.15, 0.2) is 23.8 Å². The first-order valence-electron chi connectivity index (χ1n) is 17.6. The van der Waals surface area contributed by atoms with Crippen molar-refractivity contribution in [2.45, 2.75) is 118 Å². The van der Waals surface area contributed by atoms with Crippen molar-refractivity contribution < 1.29 is 9.13 Å². The molecule has 2 aromatic carbocycles. The van der Waals surface area contributed by atoms with Gasteiger partial charge in [-0.25, -0.2) is 9.13 Å². The maximum atomic E-state index is 3.47. The Bertz CT molecular complexity index is 1290. The van der Waals surface area contributed by atoms with Gasteiger partial charge in [-0.05, 0) is 111 Å². The van der Waals surface area contributed by atoms with Gasteiger partial charge in [0.25, 0.3) is 0 Å². The zero-order valence-corrected chi connectivity index (χ0v) is 32.2. The van der Waals surface area contributed by atoms with E-state index in [1.807, 2.05) is 0 Å². The third-order valence-electron chi connectivity index (χ3n) is 8.79. The van der Waals surface area contributed by atoms with E-state index >= 15 is 0 Å². The highest BCUT2D eigenvalue weighted by Crippen LogP contribution is 2.13. The average molecular weight is 751 g/mol. The molecule has 4 rings (SSSR count). The van der Waals surface area contributed by atoms with E-state index in [4.69, 9.17) is 0 Å². The van der Waals surface area contributed by atoms with Crippen LogP contribution in [0.4, 0.5) is 0 Å². The Morgan fingerprint density at radius 2 is 0.717 bits per heavy atom. The number of benzene rings is 2. The molecule has 46 heavy (non-hydrogen) atoms. The molecule has 0 aliphatic rings. The number of alkyl halides is 2. The third kappa shape index (κ3) is 15.1. The molecule has 248 valence electrons. The standard InChI is InChI=1S/C28H38N2.C14H20Br2/c1-23-15-19-29(25(3)21-23)17-7-5-9-27-11-13-28(14-12-27)10-6-8-18-30-20-16-24(2)22-26(30)4;15-11-3-1-5-13-7-9-14(10-8-13)6-2-4-12-16/h11-16,19-22H,5-10,17-18H2,1-4H3;7-10H,1-6,11-12H2/q+2;. The zero-order chi connectivity index (χ0) is 33.0. The van der Waals surface area contributed by atoms with Crippen molar-refractivity contribution in [1.82, 2.24) is 0 Å². The molecule has 2 nitrogen and oxygen atoms in total. The summed E-state index contributed by atoms with van der Waals surface area (Å²) in [6.07, 6.45) is 19.3. The Hall–Kier alpha value is -2.30. The lowest BCUT2D eigenvalue weighted by Crippen LogP contribution is -2.36. The van der Waals surface area contributed by atoms with Crippen LogP contribution in [-0.2, 0) is 38.8 Å². The number of unbranched alkanes of at least 4 members (excludes halogenated alkanes) is 4. The van der Waals surface area contributed by atoms with Crippen LogP contribution in [0.3, 0.4) is 0 Å². The van der Waals surface area contributed by atoms with E-state index in [9.17, 15) is 0 Å². The topological polar surface area (TPSA) is 7.76 Å². The molecule has 0 aliphatic carbocycles. The van der Waals surface area contributed by atoms with Crippen molar-refractivity contribution >= 4 is 31.9 Å². The SMILES string of the molecule is BrCCCCc1ccc(CCCCBr)cc1.Cc1cc[n+](CCCCc2ccc(CCCC[n+]3ccc(C)cc3C)cc2)c(C)c1. The Labute approximate surface area is 298 Å². The molecule has 0 aliphatic heterocycles. The molecule has 0 atom stereocenters. The van der Waals surface area contributed by atoms with Crippen LogP contribution < -0.4 is 9.13 Å². The summed E-state index contributed by atoms with van der Waals surface area (Å²) in [6, 6.07) is 27.4. The van der Waals surface area contributed by atoms with Gasteiger partial charge in [-0.1, -0.05) is 80.4 Å². The Balaban J connectivity index is 0.000000304. The molecule has 4 aromatic rings. The smallest absolute Gasteiger partial charge is 0.178 e. The van der Waals surface area contributed by atoms with Gasteiger partial charge in [-0.15, -0.1) is 0 Å². The van der Waals surface area contributed by atoms with Crippen LogP contribution in [0.25, 0.3) is 0 Å². The summed E-state index contributed by atoms with van der Waals surface area (Å²) in [5.41, 5.74) is 11.3. The average Bonchev–Trinajstić information content (AvgIpc) is 3.05. The van der Waals surface area contributed by atoms with E-state index in [0.29, 0.717) is 0 Å². The fourth-order valence-corrected chi connectivity index (χ4v) is 6.68. The van der Waals surface area contributed by atoms with Gasteiger partial charge in [0.2, 0.25) is 0 Å². The van der Waals surface area contributed by atoms with E-state index in [2.05, 4.69) is 154 Å². The summed E-state index contributed by atoms with van der Waals surface area (Å²) >= 11 is 6.93. The maximum absolute atomic E-state index is 3.47. The fourth-order valence-electron chi connectivity index (χ4n) is 5.89. The number of nitrogens with zero attached hydrogens (tertiary/aromatic N) is 2. The number of aryl methyl sites for hydroxylation is 10. The van der Waals surface area contributed by atoms with Gasteiger partial charge in [0, 0.05) is 61.6 Å². The number of aromatic nitrogens is 2. The highest BCUT2D eigenvalue weighted by atomic mass is 79.9. The number of pyridine rings is 2. The van der Waals surface area contributed by atoms with Crippen molar-refractivity contribution in [3.8, 4) is 0 Å². The zero-order valence-electron chi connectivity index (χ0n) is 29.0. The van der Waals surface area contributed by atoms with Crippen LogP contribution in [0.5, 0.6) is 0 Å². The predicted molar refractivity (Wildman–Crippen MR) is 204 cm³/mol. The summed E-state index contributed by atoms with van der Waals surface area (Å²) in [5.74, 6) is 0. The van der Waals surface area contributed by atoms with Gasteiger partial charge in [0.05, 0.1) is 0 Å². The molecule has 2 aromatic heterocycles. The summed E-state index contributed by atoms with van der Waals surface area (Å²) in [5, 5.41) is 2.25. The lowest BCUT2D eigenvalue weighted by Gasteiger charge is -2.05. The molecule has 0 N–H and O–H groups in total. The second kappa shape index (κ2) is 22.3. The molecule has 0 saturated carbocycles. The lowest BCUT2D eigenvalue weighted by molar-refractivity contribution is -0.703. The van der Waals surface area contributed by atoms with Crippen LogP contribution in [-0.4, -0.2) is 10.7 Å². The fraction of sp³-hybridized carbons (Fsp3) is 0.476. The molecule has 0 spiro atoms. The van der Waals surface area contributed by atoms with Gasteiger partial charge < -0.3 is 0 Å². The molecule has 4 heteroatoms. The minimum Gasteiger partial charge on any atom is -0.203 e. The highest BCUT2D eigenvalue weighted by Gasteiger charge is 2.07. The van der Waals surface area contributed by atoms with Gasteiger partial charge in [-0.2, -0.15) is 0 Å². The highest BCUT2D eigenvalue weighted by molar-refractivity contribution is 9.09. The monoisotopic (exact) mass is 748 g/mol. The van der Waals surface area contributed by atoms with Crippen LogP contribution >= 0.6 is 31.9 Å². The Morgan fingerprint density at radius 1 is 0.413 bits per heavy atom. The first-order chi connectivity index (χ1) is 22.4. The molecular formula is C42H58Br2N2+2. The van der Waals surface area contributed by atoms with Crippen LogP contribution in [0.15, 0.2) is 85.2 Å². The first kappa shape index (κ1) is 38.2. The van der Waals surface area contributed by atoms with E-state index in [1.165, 1.54) is 122 Å². The molecular weight excluding hydrogens is 692 g/mol. The van der Waals surface area contributed by atoms with E-state index in [1.54, 1.807) is 0 Å². The van der Waals surface area contributed by atoms with Crippen molar-refractivity contribution in [2.75, 3.05) is 10.7 Å². The number of hydrogen-bond acceptors (Lipinski definition) is 0. The second-order valence-electron chi connectivity index (χ2n) is 12.9. The first-order valence-corrected chi connectivity index (χ1v) is 19.8. The molecule has 2 heterocycles. The van der Waals surface area contributed by atoms with Crippen LogP contribution in [0, 0.1) is 27.7 Å². The lowest BCUT2D eigenvalue weighted by atomic mass is 10.0. The molecule has 0 unspecified atom stereocenters. The molecule has 0 amide bonds. The summed E-state index contributed by atoms with van der Waals surface area (Å²) in [4.78, 5) is 0. The Kier molecular flexibility index (Phi) is 18.5. The van der Waals surface area contributed by atoms with Crippen molar-refractivity contribution in [3.05, 3.63) is 130 Å². The molecule has 0 saturated heterocycles. The van der Waals surface area contributed by atoms with Crippen molar-refractivity contribution in [3.63, 3.8) is 0 Å². The third-order valence-corrected chi connectivity index (χ3v) is 9.91. The predicted octanol–water partition coefficient (Wildman–Crippen LogP) is 10.7. The minimum atomic E-state index is 1.11. The van der Waals surface area contributed by atoms with Gasteiger partial charge in [0.1, 0.15) is 13.1 Å². The number of halogens is 2. The maximum Gasteiger partial charge on any atom is 0.178 e. The summed E-state index contributed by atoms with van der Waals surface area (Å²) in [7, 11) is 0. The van der Waals surface area contributed by atoms with Crippen LogP contribution in [0.2, 0.25) is 0 Å². The van der Waals surface area contributed by atoms with Gasteiger partial charge in [-0.3, -0.25) is 0 Å². The van der Waals surface area contributed by atoms with Gasteiger partial charge >= 0.3 is 0 Å². The largest absolute Gasteiger partial charge is 0.203 e.